The van der Waals surface area contributed by atoms with Crippen molar-refractivity contribution in [1.82, 2.24) is 20.2 Å². The Labute approximate surface area is 192 Å². The monoisotopic (exact) mass is 451 g/mol. The summed E-state index contributed by atoms with van der Waals surface area (Å²) >= 11 is 0. The molecule has 0 bridgehead atoms. The van der Waals surface area contributed by atoms with E-state index in [1.54, 1.807) is 6.07 Å². The zero-order valence-electron chi connectivity index (χ0n) is 19.1. The predicted molar refractivity (Wildman–Crippen MR) is 127 cm³/mol. The molecule has 7 nitrogen and oxygen atoms in total. The molecule has 0 spiro atoms. The van der Waals surface area contributed by atoms with E-state index < -0.39 is 0 Å². The van der Waals surface area contributed by atoms with Crippen molar-refractivity contribution in [2.24, 2.45) is 0 Å². The van der Waals surface area contributed by atoms with E-state index in [1.165, 1.54) is 12.1 Å². The molecule has 2 aromatic carbocycles. The fourth-order valence-electron chi connectivity index (χ4n) is 4.01. The first kappa shape index (κ1) is 22.9. The number of anilines is 1. The Hall–Kier alpha value is -3.26. The van der Waals surface area contributed by atoms with Crippen LogP contribution in [0, 0.1) is 19.7 Å². The number of rotatable bonds is 10. The summed E-state index contributed by atoms with van der Waals surface area (Å²) in [5, 5.41) is 5.94. The van der Waals surface area contributed by atoms with E-state index in [0.29, 0.717) is 48.8 Å². The first-order chi connectivity index (χ1) is 15.9. The second-order valence-electron chi connectivity index (χ2n) is 8.71. The molecule has 1 aliphatic carbocycles. The van der Waals surface area contributed by atoms with Gasteiger partial charge in [0.05, 0.1) is 17.6 Å². The van der Waals surface area contributed by atoms with Crippen LogP contribution in [0.5, 0.6) is 0 Å². The van der Waals surface area contributed by atoms with Crippen LogP contribution in [0.2, 0.25) is 0 Å². The van der Waals surface area contributed by atoms with Crippen molar-refractivity contribution in [3.8, 4) is 0 Å². The van der Waals surface area contributed by atoms with Gasteiger partial charge in [-0.3, -0.25) is 14.5 Å². The summed E-state index contributed by atoms with van der Waals surface area (Å²) in [6.45, 7) is 5.23. The van der Waals surface area contributed by atoms with Gasteiger partial charge in [-0.15, -0.1) is 0 Å². The van der Waals surface area contributed by atoms with Crippen LogP contribution in [0.15, 0.2) is 36.4 Å². The topological polar surface area (TPSA) is 90.1 Å². The third-order valence-electron chi connectivity index (χ3n) is 5.96. The molecule has 1 heterocycles. The van der Waals surface area contributed by atoms with E-state index in [4.69, 9.17) is 0 Å². The number of aromatic amines is 1. The highest BCUT2D eigenvalue weighted by molar-refractivity contribution is 5.93. The molecule has 0 unspecified atom stereocenters. The van der Waals surface area contributed by atoms with Gasteiger partial charge in [-0.05, 0) is 56.0 Å². The van der Waals surface area contributed by atoms with Gasteiger partial charge in [0.25, 0.3) is 0 Å². The Morgan fingerprint density at radius 1 is 1.15 bits per heavy atom. The van der Waals surface area contributed by atoms with Crippen LogP contribution in [0.3, 0.4) is 0 Å². The number of nitrogens with one attached hydrogen (secondary N) is 3. The van der Waals surface area contributed by atoms with Crippen LogP contribution < -0.4 is 10.6 Å². The lowest BCUT2D eigenvalue weighted by Gasteiger charge is -2.22. The highest BCUT2D eigenvalue weighted by Crippen LogP contribution is 2.27. The minimum absolute atomic E-state index is 0.0546. The number of aryl methyl sites for hydroxylation is 2. The Morgan fingerprint density at radius 3 is 2.64 bits per heavy atom. The van der Waals surface area contributed by atoms with Gasteiger partial charge in [-0.25, -0.2) is 9.37 Å². The van der Waals surface area contributed by atoms with Crippen LogP contribution in [0.25, 0.3) is 11.0 Å². The van der Waals surface area contributed by atoms with Crippen LogP contribution in [-0.2, 0) is 16.0 Å². The van der Waals surface area contributed by atoms with Crippen LogP contribution in [-0.4, -0.2) is 52.4 Å². The van der Waals surface area contributed by atoms with Gasteiger partial charge >= 0.3 is 0 Å². The van der Waals surface area contributed by atoms with Crippen LogP contribution in [0.4, 0.5) is 10.1 Å². The van der Waals surface area contributed by atoms with E-state index in [9.17, 15) is 14.0 Å². The van der Waals surface area contributed by atoms with E-state index in [2.05, 4.69) is 25.5 Å². The summed E-state index contributed by atoms with van der Waals surface area (Å²) in [5.41, 5.74) is 4.29. The molecular weight excluding hydrogens is 421 g/mol. The molecular formula is C25H30FN5O2. The van der Waals surface area contributed by atoms with Gasteiger partial charge in [0.2, 0.25) is 11.8 Å². The molecule has 0 atom stereocenters. The highest BCUT2D eigenvalue weighted by Gasteiger charge is 2.30. The van der Waals surface area contributed by atoms with E-state index in [0.717, 1.165) is 29.7 Å². The summed E-state index contributed by atoms with van der Waals surface area (Å²) in [5.74, 6) is 0.284. The summed E-state index contributed by atoms with van der Waals surface area (Å²) in [6, 6.07) is 10.7. The average Bonchev–Trinajstić information content (AvgIpc) is 3.54. The summed E-state index contributed by atoms with van der Waals surface area (Å²) < 4.78 is 13.3. The smallest absolute Gasteiger partial charge is 0.238 e. The van der Waals surface area contributed by atoms with Gasteiger partial charge in [0.1, 0.15) is 11.6 Å². The number of para-hydroxylation sites is 1. The first-order valence-electron chi connectivity index (χ1n) is 11.4. The van der Waals surface area contributed by atoms with Crippen LogP contribution in [0.1, 0.15) is 36.2 Å². The molecule has 1 aromatic heterocycles. The number of hydrogen-bond acceptors (Lipinski definition) is 4. The van der Waals surface area contributed by atoms with E-state index >= 15 is 0 Å². The number of nitrogens with zero attached hydrogens (tertiary/aromatic N) is 2. The molecule has 33 heavy (non-hydrogen) atoms. The summed E-state index contributed by atoms with van der Waals surface area (Å²) in [6.07, 6.45) is 2.99. The second kappa shape index (κ2) is 10.1. The number of imidazole rings is 1. The maximum absolute atomic E-state index is 13.3. The van der Waals surface area contributed by atoms with Crippen molar-refractivity contribution >= 4 is 28.5 Å². The zero-order valence-corrected chi connectivity index (χ0v) is 19.1. The lowest BCUT2D eigenvalue weighted by molar-refractivity contribution is -0.122. The maximum Gasteiger partial charge on any atom is 0.238 e. The molecule has 3 N–H and O–H groups in total. The molecule has 4 rings (SSSR count). The normalized spacial score (nSPS) is 13.5. The third kappa shape index (κ3) is 6.16. The number of aromatic nitrogens is 2. The van der Waals surface area contributed by atoms with Crippen molar-refractivity contribution in [2.75, 3.05) is 25.0 Å². The summed E-state index contributed by atoms with van der Waals surface area (Å²) in [4.78, 5) is 34.6. The minimum atomic E-state index is -0.311. The predicted octanol–water partition coefficient (Wildman–Crippen LogP) is 3.47. The number of hydrogen-bond donors (Lipinski definition) is 3. The van der Waals surface area contributed by atoms with E-state index in [1.807, 2.05) is 32.0 Å². The number of fused-ring (bicyclic) bond motifs is 1. The lowest BCUT2D eigenvalue weighted by Crippen LogP contribution is -2.38. The minimum Gasteiger partial charge on any atom is -0.356 e. The summed E-state index contributed by atoms with van der Waals surface area (Å²) in [7, 11) is 0. The third-order valence-corrected chi connectivity index (χ3v) is 5.96. The number of carbonyl (C=O) groups excluding carboxylic acids is 2. The van der Waals surface area contributed by atoms with Crippen molar-refractivity contribution in [3.63, 3.8) is 0 Å². The van der Waals surface area contributed by atoms with Crippen molar-refractivity contribution in [1.29, 1.82) is 0 Å². The molecule has 0 aliphatic heterocycles. The number of H-pyrrole nitrogens is 1. The van der Waals surface area contributed by atoms with Gasteiger partial charge < -0.3 is 15.6 Å². The Morgan fingerprint density at radius 2 is 1.91 bits per heavy atom. The molecule has 8 heteroatoms. The molecule has 0 saturated heterocycles. The molecule has 174 valence electrons. The Balaban J connectivity index is 1.22. The fraction of sp³-hybridized carbons (Fsp3) is 0.400. The standard InChI is InChI=1S/C25H30FN5O2/c1-16-4-3-5-17(2)25(16)30-24(33)15-31(19-7-8-19)13-11-23(32)27-12-10-22-28-20-9-6-18(26)14-21(20)29-22/h3-6,9,14,19H,7-8,10-13,15H2,1-2H3,(H,27,32)(H,28,29)(H,30,33). The SMILES string of the molecule is Cc1cccc(C)c1NC(=O)CN(CCC(=O)NCCc1nc2ccc(F)cc2[nH]1)C1CC1. The average molecular weight is 452 g/mol. The van der Waals surface area contributed by atoms with Gasteiger partial charge in [-0.2, -0.15) is 0 Å². The molecule has 3 aromatic rings. The van der Waals surface area contributed by atoms with Crippen LogP contribution >= 0.6 is 0 Å². The first-order valence-corrected chi connectivity index (χ1v) is 11.4. The van der Waals surface area contributed by atoms with Crippen molar-refractivity contribution < 1.29 is 14.0 Å². The highest BCUT2D eigenvalue weighted by atomic mass is 19.1. The molecule has 1 saturated carbocycles. The quantitative estimate of drug-likeness (QED) is 0.440. The van der Waals surface area contributed by atoms with Gasteiger partial charge in [0, 0.05) is 37.7 Å². The largest absolute Gasteiger partial charge is 0.356 e. The van der Waals surface area contributed by atoms with Crippen molar-refractivity contribution in [2.45, 2.75) is 45.6 Å². The Kier molecular flexibility index (Phi) is 7.03. The molecule has 1 fully saturated rings. The van der Waals surface area contributed by atoms with E-state index in [-0.39, 0.29) is 24.2 Å². The zero-order chi connectivity index (χ0) is 23.4. The van der Waals surface area contributed by atoms with Gasteiger partial charge in [0.15, 0.2) is 0 Å². The number of halogens is 1. The number of amides is 2. The molecule has 1 aliphatic rings. The van der Waals surface area contributed by atoms with Gasteiger partial charge in [-0.1, -0.05) is 18.2 Å². The molecule has 0 radical (unpaired) electrons. The Bertz CT molecular complexity index is 1130. The lowest BCUT2D eigenvalue weighted by atomic mass is 10.1. The maximum atomic E-state index is 13.3. The van der Waals surface area contributed by atoms with Crippen molar-refractivity contribution in [3.05, 3.63) is 59.2 Å². The number of benzene rings is 2. The molecule has 2 amide bonds. The second-order valence-corrected chi connectivity index (χ2v) is 8.71. The fourth-order valence-corrected chi connectivity index (χ4v) is 4.01. The number of carbonyl (C=O) groups is 2.